The largest absolute Gasteiger partial charge is 0.488 e. The Balaban J connectivity index is 1.73. The van der Waals surface area contributed by atoms with Crippen molar-refractivity contribution in [3.63, 3.8) is 0 Å². The summed E-state index contributed by atoms with van der Waals surface area (Å²) in [6.07, 6.45) is 7.87. The Hall–Kier alpha value is -3.34. The monoisotopic (exact) mass is 417 g/mol. The second-order valence-electron chi connectivity index (χ2n) is 7.74. The van der Waals surface area contributed by atoms with Gasteiger partial charge in [0.25, 0.3) is 5.91 Å². The van der Waals surface area contributed by atoms with Crippen LogP contribution in [0.5, 0.6) is 5.75 Å². The molecule has 0 saturated heterocycles. The van der Waals surface area contributed by atoms with Crippen molar-refractivity contribution in [1.29, 1.82) is 0 Å². The smallest absolute Gasteiger partial charge is 0.254 e. The number of hydrogen-bond donors (Lipinski definition) is 1. The van der Waals surface area contributed by atoms with Gasteiger partial charge in [0.05, 0.1) is 17.5 Å². The molecule has 0 spiro atoms. The zero-order valence-electron chi connectivity index (χ0n) is 18.6. The van der Waals surface area contributed by atoms with Gasteiger partial charge in [0.15, 0.2) is 0 Å². The predicted molar refractivity (Wildman–Crippen MR) is 129 cm³/mol. The molecule has 0 unspecified atom stereocenters. The van der Waals surface area contributed by atoms with E-state index in [9.17, 15) is 4.79 Å². The number of ether oxygens (including phenoxy) is 1. The molecule has 5 heteroatoms. The van der Waals surface area contributed by atoms with Crippen LogP contribution in [0.1, 0.15) is 32.6 Å². The summed E-state index contributed by atoms with van der Waals surface area (Å²) in [6.45, 7) is 2.39. The molecule has 0 atom stereocenters. The number of anilines is 2. The summed E-state index contributed by atoms with van der Waals surface area (Å²) in [5.74, 6) is 1.46. The van der Waals surface area contributed by atoms with Gasteiger partial charge in [-0.2, -0.15) is 0 Å². The number of unbranched alkanes of at least 4 members (excludes halogenated alkanes) is 3. The molecule has 0 saturated carbocycles. The Morgan fingerprint density at radius 1 is 1.06 bits per heavy atom. The SMILES string of the molecule is CCCCC/C=C(\COc1cccc2ccccc12)C(=O)Nc1ccc(N(C)C)nc1. The lowest BCUT2D eigenvalue weighted by Gasteiger charge is -2.14. The average Bonchev–Trinajstić information content (AvgIpc) is 2.79. The molecule has 0 aliphatic rings. The summed E-state index contributed by atoms with van der Waals surface area (Å²) in [7, 11) is 3.87. The van der Waals surface area contributed by atoms with E-state index < -0.39 is 0 Å². The molecule has 0 aliphatic heterocycles. The maximum atomic E-state index is 13.0. The van der Waals surface area contributed by atoms with Gasteiger partial charge in [-0.15, -0.1) is 0 Å². The highest BCUT2D eigenvalue weighted by Crippen LogP contribution is 2.25. The van der Waals surface area contributed by atoms with Gasteiger partial charge in [-0.3, -0.25) is 4.79 Å². The number of carbonyl (C=O) groups is 1. The molecule has 31 heavy (non-hydrogen) atoms. The molecular weight excluding hydrogens is 386 g/mol. The van der Waals surface area contributed by atoms with Crippen LogP contribution in [0.3, 0.4) is 0 Å². The molecule has 2 aromatic carbocycles. The summed E-state index contributed by atoms with van der Waals surface area (Å²) >= 11 is 0. The van der Waals surface area contributed by atoms with Gasteiger partial charge in [-0.05, 0) is 36.4 Å². The fourth-order valence-corrected chi connectivity index (χ4v) is 3.30. The van der Waals surface area contributed by atoms with Crippen molar-refractivity contribution in [1.82, 2.24) is 4.98 Å². The minimum Gasteiger partial charge on any atom is -0.488 e. The summed E-state index contributed by atoms with van der Waals surface area (Å²) in [4.78, 5) is 19.3. The zero-order valence-corrected chi connectivity index (χ0v) is 18.6. The summed E-state index contributed by atoms with van der Waals surface area (Å²) < 4.78 is 6.10. The van der Waals surface area contributed by atoms with Gasteiger partial charge in [0.2, 0.25) is 0 Å². The second-order valence-corrected chi connectivity index (χ2v) is 7.74. The van der Waals surface area contributed by atoms with Gasteiger partial charge in [0, 0.05) is 19.5 Å². The molecule has 162 valence electrons. The highest BCUT2D eigenvalue weighted by Gasteiger charge is 2.12. The number of nitrogens with one attached hydrogen (secondary N) is 1. The Bertz CT molecular complexity index is 1020. The Labute approximate surface area is 184 Å². The molecule has 3 aromatic rings. The molecule has 0 bridgehead atoms. The van der Waals surface area contributed by atoms with Gasteiger partial charge in [0.1, 0.15) is 18.2 Å². The molecule has 5 nitrogen and oxygen atoms in total. The third kappa shape index (κ3) is 6.32. The first-order valence-electron chi connectivity index (χ1n) is 10.8. The lowest BCUT2D eigenvalue weighted by molar-refractivity contribution is -0.113. The van der Waals surface area contributed by atoms with E-state index in [1.165, 1.54) is 0 Å². The molecule has 1 aromatic heterocycles. The molecule has 1 N–H and O–H groups in total. The van der Waals surface area contributed by atoms with Crippen molar-refractivity contribution in [2.24, 2.45) is 0 Å². The van der Waals surface area contributed by atoms with Crippen LogP contribution in [-0.2, 0) is 4.79 Å². The molecule has 1 amide bonds. The fourth-order valence-electron chi connectivity index (χ4n) is 3.30. The van der Waals surface area contributed by atoms with Gasteiger partial charge < -0.3 is 15.0 Å². The summed E-state index contributed by atoms with van der Waals surface area (Å²) in [6, 6.07) is 17.8. The van der Waals surface area contributed by atoms with Crippen molar-refractivity contribution in [3.05, 3.63) is 72.4 Å². The van der Waals surface area contributed by atoms with Gasteiger partial charge in [-0.25, -0.2) is 4.98 Å². The number of benzene rings is 2. The molecule has 0 radical (unpaired) electrons. The Morgan fingerprint density at radius 3 is 2.61 bits per heavy atom. The number of nitrogens with zero attached hydrogens (tertiary/aromatic N) is 2. The normalized spacial score (nSPS) is 11.4. The predicted octanol–water partition coefficient (Wildman–Crippen LogP) is 5.83. The Kier molecular flexibility index (Phi) is 8.05. The van der Waals surface area contributed by atoms with E-state index in [2.05, 4.69) is 29.4 Å². The lowest BCUT2D eigenvalue weighted by atomic mass is 10.1. The topological polar surface area (TPSA) is 54.5 Å². The van der Waals surface area contributed by atoms with Gasteiger partial charge >= 0.3 is 0 Å². The van der Waals surface area contributed by atoms with Crippen LogP contribution in [0.25, 0.3) is 10.8 Å². The number of carbonyl (C=O) groups excluding carboxylic acids is 1. The van der Waals surface area contributed by atoms with E-state index in [1.807, 2.05) is 67.5 Å². The summed E-state index contributed by atoms with van der Waals surface area (Å²) in [5.41, 5.74) is 1.29. The molecule has 0 fully saturated rings. The van der Waals surface area contributed by atoms with E-state index in [0.29, 0.717) is 11.3 Å². The van der Waals surface area contributed by atoms with Crippen LogP contribution in [0.2, 0.25) is 0 Å². The van der Waals surface area contributed by atoms with Crippen LogP contribution >= 0.6 is 0 Å². The number of allylic oxidation sites excluding steroid dienone is 1. The quantitative estimate of drug-likeness (QED) is 0.333. The van der Waals surface area contributed by atoms with Crippen LogP contribution in [0.15, 0.2) is 72.4 Å². The number of hydrogen-bond acceptors (Lipinski definition) is 4. The van der Waals surface area contributed by atoms with Crippen molar-refractivity contribution in [2.75, 3.05) is 30.9 Å². The van der Waals surface area contributed by atoms with Crippen LogP contribution < -0.4 is 15.0 Å². The third-order valence-electron chi connectivity index (χ3n) is 5.09. The number of pyridine rings is 1. The van der Waals surface area contributed by atoms with Crippen molar-refractivity contribution < 1.29 is 9.53 Å². The average molecular weight is 418 g/mol. The number of amides is 1. The van der Waals surface area contributed by atoms with Crippen molar-refractivity contribution in [2.45, 2.75) is 32.6 Å². The lowest BCUT2D eigenvalue weighted by Crippen LogP contribution is -2.19. The van der Waals surface area contributed by atoms with Crippen LogP contribution in [0.4, 0.5) is 11.5 Å². The first kappa shape index (κ1) is 22.3. The number of rotatable bonds is 10. The highest BCUT2D eigenvalue weighted by molar-refractivity contribution is 6.04. The molecular formula is C26H31N3O2. The highest BCUT2D eigenvalue weighted by atomic mass is 16.5. The number of fused-ring (bicyclic) bond motifs is 1. The zero-order chi connectivity index (χ0) is 22.1. The summed E-state index contributed by atoms with van der Waals surface area (Å²) in [5, 5.41) is 5.11. The van der Waals surface area contributed by atoms with Crippen molar-refractivity contribution in [3.8, 4) is 5.75 Å². The standard InChI is InChI=1S/C26H31N3O2/c1-4-5-6-7-12-21(26(30)28-22-16-17-25(27-18-22)29(2)3)19-31-24-15-10-13-20-11-8-9-14-23(20)24/h8-18H,4-7,19H2,1-3H3,(H,28,30)/b21-12+. The minimum atomic E-state index is -0.156. The second kappa shape index (κ2) is 11.2. The van der Waals surface area contributed by atoms with E-state index in [-0.39, 0.29) is 12.5 Å². The van der Waals surface area contributed by atoms with E-state index in [0.717, 1.165) is 48.0 Å². The fraction of sp³-hybridized carbons (Fsp3) is 0.308. The van der Waals surface area contributed by atoms with Crippen LogP contribution in [0, 0.1) is 0 Å². The molecule has 1 heterocycles. The maximum Gasteiger partial charge on any atom is 0.254 e. The maximum absolute atomic E-state index is 13.0. The van der Waals surface area contributed by atoms with Crippen molar-refractivity contribution >= 4 is 28.2 Å². The van der Waals surface area contributed by atoms with E-state index in [4.69, 9.17) is 4.74 Å². The van der Waals surface area contributed by atoms with Crippen LogP contribution in [-0.4, -0.2) is 31.6 Å². The number of aromatic nitrogens is 1. The first-order chi connectivity index (χ1) is 15.1. The minimum absolute atomic E-state index is 0.156. The van der Waals surface area contributed by atoms with E-state index in [1.54, 1.807) is 6.20 Å². The molecule has 0 aliphatic carbocycles. The first-order valence-corrected chi connectivity index (χ1v) is 10.8. The van der Waals surface area contributed by atoms with E-state index >= 15 is 0 Å². The van der Waals surface area contributed by atoms with Gasteiger partial charge in [-0.1, -0.05) is 62.2 Å². The molecule has 3 rings (SSSR count). The Morgan fingerprint density at radius 2 is 1.87 bits per heavy atom. The third-order valence-corrected chi connectivity index (χ3v) is 5.09.